The summed E-state index contributed by atoms with van der Waals surface area (Å²) in [5.41, 5.74) is 0.325. The number of methoxy groups -OCH3 is 1. The number of carboxylic acids is 1. The van der Waals surface area contributed by atoms with E-state index in [4.69, 9.17) is 25.8 Å². The molecule has 0 saturated heterocycles. The van der Waals surface area contributed by atoms with Gasteiger partial charge >= 0.3 is 5.97 Å². The van der Waals surface area contributed by atoms with E-state index in [1.807, 2.05) is 0 Å². The lowest BCUT2D eigenvalue weighted by molar-refractivity contribution is -0.130. The van der Waals surface area contributed by atoms with Crippen molar-refractivity contribution in [2.24, 2.45) is 0 Å². The predicted molar refractivity (Wildman–Crippen MR) is 105 cm³/mol. The number of aromatic nitrogens is 3. The van der Waals surface area contributed by atoms with Gasteiger partial charge in [0.1, 0.15) is 23.4 Å². The maximum Gasteiger partial charge on any atom is 0.339 e. The quantitative estimate of drug-likeness (QED) is 0.341. The zero-order valence-corrected chi connectivity index (χ0v) is 16.3. The standard InChI is InChI=1S/C20H16ClN3O5/c1-12(27-2)18(20(25)26)13-6-3-4-7-14(13)28-16-10-17(24-11-23-16)29-15-8-5-9-22-19(15)21/h3-11H,1-2H3,(H,25,26). The highest BCUT2D eigenvalue weighted by Crippen LogP contribution is 2.33. The second kappa shape index (κ2) is 9.03. The van der Waals surface area contributed by atoms with Crippen LogP contribution in [0.25, 0.3) is 5.57 Å². The smallest absolute Gasteiger partial charge is 0.339 e. The van der Waals surface area contributed by atoms with Gasteiger partial charge in [0.2, 0.25) is 11.8 Å². The fraction of sp³-hybridized carbons (Fsp3) is 0.100. The van der Waals surface area contributed by atoms with E-state index in [1.165, 1.54) is 25.7 Å². The van der Waals surface area contributed by atoms with E-state index in [0.29, 0.717) is 11.3 Å². The number of pyridine rings is 1. The molecule has 29 heavy (non-hydrogen) atoms. The van der Waals surface area contributed by atoms with Gasteiger partial charge in [0.15, 0.2) is 10.9 Å². The van der Waals surface area contributed by atoms with Crippen LogP contribution in [0.4, 0.5) is 0 Å². The van der Waals surface area contributed by atoms with Crippen LogP contribution in [0.5, 0.6) is 23.3 Å². The lowest BCUT2D eigenvalue weighted by Gasteiger charge is -2.13. The van der Waals surface area contributed by atoms with Crippen molar-refractivity contribution >= 4 is 23.1 Å². The van der Waals surface area contributed by atoms with Crippen molar-refractivity contribution < 1.29 is 24.1 Å². The summed E-state index contributed by atoms with van der Waals surface area (Å²) in [7, 11) is 1.40. The van der Waals surface area contributed by atoms with Crippen LogP contribution in [0.3, 0.4) is 0 Å². The number of carboxylic acid groups (broad SMARTS) is 1. The molecule has 9 heteroatoms. The Balaban J connectivity index is 1.92. The molecule has 1 aromatic carbocycles. The highest BCUT2D eigenvalue weighted by Gasteiger charge is 2.20. The molecule has 0 bridgehead atoms. The van der Waals surface area contributed by atoms with Gasteiger partial charge in [-0.25, -0.2) is 19.7 Å². The van der Waals surface area contributed by atoms with Gasteiger partial charge in [-0.15, -0.1) is 0 Å². The number of allylic oxidation sites excluding steroid dienone is 1. The van der Waals surface area contributed by atoms with Gasteiger partial charge in [0.05, 0.1) is 13.2 Å². The van der Waals surface area contributed by atoms with Gasteiger partial charge in [0.25, 0.3) is 0 Å². The topological polar surface area (TPSA) is 104 Å². The SMILES string of the molecule is COC(C)=C(C(=O)O)c1ccccc1Oc1cc(Oc2cccnc2Cl)ncn1. The molecule has 3 rings (SSSR count). The number of para-hydroxylation sites is 1. The van der Waals surface area contributed by atoms with Crippen molar-refractivity contribution in [1.82, 2.24) is 15.0 Å². The number of benzene rings is 1. The molecule has 0 fully saturated rings. The molecule has 0 spiro atoms. The molecule has 2 heterocycles. The molecule has 8 nitrogen and oxygen atoms in total. The minimum absolute atomic E-state index is 0.0178. The summed E-state index contributed by atoms with van der Waals surface area (Å²) in [5.74, 6) is 0.0490. The molecule has 0 aliphatic rings. The van der Waals surface area contributed by atoms with Gasteiger partial charge in [-0.1, -0.05) is 29.8 Å². The van der Waals surface area contributed by atoms with E-state index in [9.17, 15) is 9.90 Å². The second-order valence-corrected chi connectivity index (χ2v) is 5.99. The fourth-order valence-electron chi connectivity index (χ4n) is 2.43. The minimum Gasteiger partial charge on any atom is -0.500 e. The molecule has 0 saturated carbocycles. The molecule has 3 aromatic rings. The van der Waals surface area contributed by atoms with Gasteiger partial charge in [-0.3, -0.25) is 0 Å². The second-order valence-electron chi connectivity index (χ2n) is 5.63. The molecular weight excluding hydrogens is 398 g/mol. The zero-order chi connectivity index (χ0) is 20.8. The van der Waals surface area contributed by atoms with E-state index in [1.54, 1.807) is 43.3 Å². The van der Waals surface area contributed by atoms with Gasteiger partial charge in [0, 0.05) is 11.8 Å². The fourth-order valence-corrected chi connectivity index (χ4v) is 2.58. The highest BCUT2D eigenvalue weighted by atomic mass is 35.5. The van der Waals surface area contributed by atoms with Crippen LogP contribution in [-0.2, 0) is 9.53 Å². The summed E-state index contributed by atoms with van der Waals surface area (Å²) in [6, 6.07) is 11.4. The number of carbonyl (C=O) groups is 1. The number of aliphatic carboxylic acids is 1. The molecular formula is C20H16ClN3O5. The Hall–Kier alpha value is -3.65. The molecule has 0 amide bonds. The van der Waals surface area contributed by atoms with Crippen molar-refractivity contribution in [1.29, 1.82) is 0 Å². The average molecular weight is 414 g/mol. The molecule has 2 aromatic heterocycles. The van der Waals surface area contributed by atoms with E-state index in [0.717, 1.165) is 0 Å². The Kier molecular flexibility index (Phi) is 6.25. The first-order chi connectivity index (χ1) is 14.0. The summed E-state index contributed by atoms with van der Waals surface area (Å²) >= 11 is 5.99. The molecule has 0 aliphatic heterocycles. The first kappa shape index (κ1) is 20.1. The zero-order valence-electron chi connectivity index (χ0n) is 15.5. The van der Waals surface area contributed by atoms with Crippen molar-refractivity contribution in [3.8, 4) is 23.3 Å². The molecule has 0 atom stereocenters. The Labute approximate surface area is 171 Å². The van der Waals surface area contributed by atoms with E-state index in [-0.39, 0.29) is 34.0 Å². The number of nitrogens with zero attached hydrogens (tertiary/aromatic N) is 3. The third kappa shape index (κ3) is 4.80. The molecule has 1 N–H and O–H groups in total. The van der Waals surface area contributed by atoms with Gasteiger partial charge in [-0.05, 0) is 25.1 Å². The Morgan fingerprint density at radius 2 is 1.66 bits per heavy atom. The molecule has 0 aliphatic carbocycles. The normalized spacial score (nSPS) is 11.4. The van der Waals surface area contributed by atoms with E-state index >= 15 is 0 Å². The highest BCUT2D eigenvalue weighted by molar-refractivity contribution is 6.30. The Morgan fingerprint density at radius 3 is 2.31 bits per heavy atom. The summed E-state index contributed by atoms with van der Waals surface area (Å²) in [6.07, 6.45) is 2.79. The van der Waals surface area contributed by atoms with Crippen LogP contribution in [-0.4, -0.2) is 33.1 Å². The number of hydrogen-bond acceptors (Lipinski definition) is 7. The number of hydrogen-bond donors (Lipinski definition) is 1. The number of rotatable bonds is 7. The molecule has 0 radical (unpaired) electrons. The van der Waals surface area contributed by atoms with E-state index < -0.39 is 5.97 Å². The van der Waals surface area contributed by atoms with Crippen molar-refractivity contribution in [2.45, 2.75) is 6.92 Å². The lowest BCUT2D eigenvalue weighted by Crippen LogP contribution is -2.05. The third-order valence-electron chi connectivity index (χ3n) is 3.80. The molecule has 148 valence electrons. The number of halogens is 1. The predicted octanol–water partition coefficient (Wildman–Crippen LogP) is 4.57. The summed E-state index contributed by atoms with van der Waals surface area (Å²) in [4.78, 5) is 23.7. The Bertz CT molecular complexity index is 1070. The largest absolute Gasteiger partial charge is 0.500 e. The van der Waals surface area contributed by atoms with Crippen molar-refractivity contribution in [3.63, 3.8) is 0 Å². The van der Waals surface area contributed by atoms with Crippen LogP contribution in [0.15, 0.2) is 60.7 Å². The monoisotopic (exact) mass is 413 g/mol. The summed E-state index contributed by atoms with van der Waals surface area (Å²) in [5, 5.41) is 9.78. The van der Waals surface area contributed by atoms with E-state index in [2.05, 4.69) is 15.0 Å². The van der Waals surface area contributed by atoms with Crippen LogP contribution in [0.1, 0.15) is 12.5 Å². The van der Waals surface area contributed by atoms with Crippen molar-refractivity contribution in [3.05, 3.63) is 71.5 Å². The van der Waals surface area contributed by atoms with Crippen LogP contribution in [0.2, 0.25) is 5.15 Å². The molecule has 0 unspecified atom stereocenters. The minimum atomic E-state index is -1.14. The summed E-state index contributed by atoms with van der Waals surface area (Å²) < 4.78 is 16.5. The first-order valence-electron chi connectivity index (χ1n) is 8.35. The maximum atomic E-state index is 11.7. The summed E-state index contributed by atoms with van der Waals surface area (Å²) in [6.45, 7) is 1.56. The lowest BCUT2D eigenvalue weighted by atomic mass is 10.0. The van der Waals surface area contributed by atoms with Crippen LogP contribution in [0, 0.1) is 0 Å². The average Bonchev–Trinajstić information content (AvgIpc) is 2.71. The van der Waals surface area contributed by atoms with Crippen LogP contribution < -0.4 is 9.47 Å². The Morgan fingerprint density at radius 1 is 1.00 bits per heavy atom. The first-order valence-corrected chi connectivity index (χ1v) is 8.73. The van der Waals surface area contributed by atoms with Crippen molar-refractivity contribution in [2.75, 3.05) is 7.11 Å². The van der Waals surface area contributed by atoms with Crippen LogP contribution >= 0.6 is 11.6 Å². The van der Waals surface area contributed by atoms with Gasteiger partial charge in [-0.2, -0.15) is 0 Å². The third-order valence-corrected chi connectivity index (χ3v) is 4.08. The number of ether oxygens (including phenoxy) is 3. The van der Waals surface area contributed by atoms with Gasteiger partial charge < -0.3 is 19.3 Å². The maximum absolute atomic E-state index is 11.7.